The van der Waals surface area contributed by atoms with Crippen molar-refractivity contribution < 1.29 is 9.90 Å². The maximum absolute atomic E-state index is 11.8. The predicted molar refractivity (Wildman–Crippen MR) is 62.9 cm³/mol. The fraction of sp³-hybridized carbons (Fsp3) is 0.0909. The number of benzene rings is 1. The molecule has 0 spiro atoms. The largest absolute Gasteiger partial charge is 0.508 e. The molecule has 1 aromatic carbocycles. The number of phenolic OH excluding ortho intramolecular Hbond substituents is 1. The first-order chi connectivity index (χ1) is 8.16. The fourth-order valence-corrected chi connectivity index (χ4v) is 1.54. The van der Waals surface area contributed by atoms with Crippen LogP contribution in [0.15, 0.2) is 30.6 Å². The number of aromatic hydroxyl groups is 1. The minimum atomic E-state index is -0.341. The van der Waals surface area contributed by atoms with Gasteiger partial charge in [0.05, 0.1) is 16.8 Å². The molecule has 6 heteroatoms. The molecule has 0 unspecified atom stereocenters. The van der Waals surface area contributed by atoms with Crippen LogP contribution in [0.25, 0.3) is 0 Å². The number of hydrogen-bond donors (Lipinski definition) is 3. The fourth-order valence-electron chi connectivity index (χ4n) is 1.34. The van der Waals surface area contributed by atoms with E-state index in [-0.39, 0.29) is 17.2 Å². The predicted octanol–water partition coefficient (Wildman–Crippen LogP) is 1.70. The maximum Gasteiger partial charge on any atom is 0.253 e. The van der Waals surface area contributed by atoms with Crippen molar-refractivity contribution in [2.24, 2.45) is 0 Å². The minimum absolute atomic E-state index is 0.00265. The van der Waals surface area contributed by atoms with E-state index in [1.54, 1.807) is 12.4 Å². The summed E-state index contributed by atoms with van der Waals surface area (Å²) in [6, 6.07) is 4.23. The average molecular weight is 252 g/mol. The molecule has 0 atom stereocenters. The van der Waals surface area contributed by atoms with Crippen LogP contribution in [-0.2, 0) is 6.54 Å². The van der Waals surface area contributed by atoms with E-state index in [4.69, 9.17) is 11.6 Å². The van der Waals surface area contributed by atoms with E-state index in [2.05, 4.69) is 15.5 Å². The van der Waals surface area contributed by atoms with E-state index >= 15 is 0 Å². The molecule has 3 N–H and O–H groups in total. The van der Waals surface area contributed by atoms with Crippen LogP contribution in [-0.4, -0.2) is 21.2 Å². The number of nitrogens with zero attached hydrogens (tertiary/aromatic N) is 1. The Labute approximate surface area is 102 Å². The lowest BCUT2D eigenvalue weighted by atomic mass is 10.2. The molecule has 1 heterocycles. The van der Waals surface area contributed by atoms with Crippen LogP contribution >= 0.6 is 11.6 Å². The number of nitrogens with one attached hydrogen (secondary N) is 2. The zero-order valence-electron chi connectivity index (χ0n) is 8.77. The Bertz CT molecular complexity index is 526. The van der Waals surface area contributed by atoms with Gasteiger partial charge in [-0.15, -0.1) is 0 Å². The lowest BCUT2D eigenvalue weighted by molar-refractivity contribution is 0.0950. The Balaban J connectivity index is 2.07. The minimum Gasteiger partial charge on any atom is -0.508 e. The molecule has 0 aliphatic carbocycles. The number of aromatic nitrogens is 2. The Kier molecular flexibility index (Phi) is 3.30. The molecule has 0 saturated heterocycles. The van der Waals surface area contributed by atoms with Gasteiger partial charge in [0.25, 0.3) is 5.91 Å². The first kappa shape index (κ1) is 11.5. The quantitative estimate of drug-likeness (QED) is 0.777. The normalized spacial score (nSPS) is 10.2. The molecule has 17 heavy (non-hydrogen) atoms. The van der Waals surface area contributed by atoms with Gasteiger partial charge in [-0.3, -0.25) is 9.89 Å². The van der Waals surface area contributed by atoms with Crippen LogP contribution in [0.5, 0.6) is 5.75 Å². The number of carbonyl (C=O) groups is 1. The summed E-state index contributed by atoms with van der Waals surface area (Å²) in [5.41, 5.74) is 1.10. The van der Waals surface area contributed by atoms with Gasteiger partial charge in [0, 0.05) is 18.3 Å². The van der Waals surface area contributed by atoms with Gasteiger partial charge in [-0.2, -0.15) is 5.10 Å². The van der Waals surface area contributed by atoms with Gasteiger partial charge in [0.2, 0.25) is 0 Å². The number of carbonyl (C=O) groups excluding carboxylic acids is 1. The number of rotatable bonds is 3. The zero-order chi connectivity index (χ0) is 12.3. The molecule has 0 aliphatic heterocycles. The van der Waals surface area contributed by atoms with Crippen molar-refractivity contribution in [2.45, 2.75) is 6.54 Å². The first-order valence-electron chi connectivity index (χ1n) is 4.91. The summed E-state index contributed by atoms with van der Waals surface area (Å²) < 4.78 is 0. The van der Waals surface area contributed by atoms with Crippen molar-refractivity contribution in [3.8, 4) is 5.75 Å². The molecule has 0 fully saturated rings. The molecule has 2 aromatic rings. The molecule has 0 radical (unpaired) electrons. The van der Waals surface area contributed by atoms with Crippen LogP contribution in [0.4, 0.5) is 0 Å². The summed E-state index contributed by atoms with van der Waals surface area (Å²) in [4.78, 5) is 11.8. The van der Waals surface area contributed by atoms with Crippen molar-refractivity contribution in [1.29, 1.82) is 0 Å². The third kappa shape index (κ3) is 2.76. The van der Waals surface area contributed by atoms with E-state index in [1.165, 1.54) is 18.2 Å². The lowest BCUT2D eigenvalue weighted by Crippen LogP contribution is -2.22. The summed E-state index contributed by atoms with van der Waals surface area (Å²) in [5.74, 6) is -0.338. The molecule has 1 aromatic heterocycles. The highest BCUT2D eigenvalue weighted by Gasteiger charge is 2.10. The number of hydrogen-bond acceptors (Lipinski definition) is 3. The van der Waals surface area contributed by atoms with E-state index in [1.807, 2.05) is 0 Å². The SMILES string of the molecule is O=C(NCc1cn[nH]c1)c1cc(O)ccc1Cl. The second-order valence-electron chi connectivity index (χ2n) is 3.45. The Morgan fingerprint density at radius 3 is 3.06 bits per heavy atom. The second kappa shape index (κ2) is 4.88. The molecule has 1 amide bonds. The highest BCUT2D eigenvalue weighted by Crippen LogP contribution is 2.20. The molecule has 0 saturated carbocycles. The third-order valence-corrected chi connectivity index (χ3v) is 2.53. The topological polar surface area (TPSA) is 78.0 Å². The zero-order valence-corrected chi connectivity index (χ0v) is 9.53. The van der Waals surface area contributed by atoms with Gasteiger partial charge in [0.15, 0.2) is 0 Å². The van der Waals surface area contributed by atoms with E-state index < -0.39 is 0 Å². The maximum atomic E-state index is 11.8. The molecule has 88 valence electrons. The molecule has 2 rings (SSSR count). The average Bonchev–Trinajstić information content (AvgIpc) is 2.82. The smallest absolute Gasteiger partial charge is 0.253 e. The lowest BCUT2D eigenvalue weighted by Gasteiger charge is -2.05. The molecule has 0 bridgehead atoms. The van der Waals surface area contributed by atoms with Crippen LogP contribution in [0.2, 0.25) is 5.02 Å². The van der Waals surface area contributed by atoms with Gasteiger partial charge in [-0.1, -0.05) is 11.6 Å². The monoisotopic (exact) mass is 251 g/mol. The summed E-state index contributed by atoms with van der Waals surface area (Å²) in [7, 11) is 0. The number of phenols is 1. The highest BCUT2D eigenvalue weighted by molar-refractivity contribution is 6.33. The summed E-state index contributed by atoms with van der Waals surface area (Å²) in [6.45, 7) is 0.349. The standard InChI is InChI=1S/C11H10ClN3O2/c12-10-2-1-8(16)3-9(10)11(17)13-4-7-5-14-15-6-7/h1-3,5-6,16H,4H2,(H,13,17)(H,14,15). The van der Waals surface area contributed by atoms with E-state index in [0.717, 1.165) is 5.56 Å². The van der Waals surface area contributed by atoms with Gasteiger partial charge in [-0.25, -0.2) is 0 Å². The van der Waals surface area contributed by atoms with Gasteiger partial charge < -0.3 is 10.4 Å². The van der Waals surface area contributed by atoms with Crippen LogP contribution in [0.1, 0.15) is 15.9 Å². The Morgan fingerprint density at radius 2 is 2.35 bits per heavy atom. The molecule has 0 aliphatic rings. The van der Waals surface area contributed by atoms with E-state index in [0.29, 0.717) is 11.6 Å². The summed E-state index contributed by atoms with van der Waals surface area (Å²) >= 11 is 5.86. The summed E-state index contributed by atoms with van der Waals surface area (Å²) in [6.07, 6.45) is 3.30. The number of amides is 1. The van der Waals surface area contributed by atoms with Crippen molar-refractivity contribution >= 4 is 17.5 Å². The number of H-pyrrole nitrogens is 1. The highest BCUT2D eigenvalue weighted by atomic mass is 35.5. The van der Waals surface area contributed by atoms with E-state index in [9.17, 15) is 9.90 Å². The molecular formula is C11H10ClN3O2. The summed E-state index contributed by atoms with van der Waals surface area (Å²) in [5, 5.41) is 18.7. The second-order valence-corrected chi connectivity index (χ2v) is 3.86. The van der Waals surface area contributed by atoms with Crippen LogP contribution in [0.3, 0.4) is 0 Å². The van der Waals surface area contributed by atoms with Crippen LogP contribution < -0.4 is 5.32 Å². The number of halogens is 1. The van der Waals surface area contributed by atoms with Gasteiger partial charge >= 0.3 is 0 Å². The molecular weight excluding hydrogens is 242 g/mol. The van der Waals surface area contributed by atoms with Crippen molar-refractivity contribution in [3.63, 3.8) is 0 Å². The first-order valence-corrected chi connectivity index (χ1v) is 5.29. The number of aromatic amines is 1. The Hall–Kier alpha value is -2.01. The Morgan fingerprint density at radius 1 is 1.53 bits per heavy atom. The van der Waals surface area contributed by atoms with Gasteiger partial charge in [-0.05, 0) is 18.2 Å². The van der Waals surface area contributed by atoms with Crippen molar-refractivity contribution in [2.75, 3.05) is 0 Å². The third-order valence-electron chi connectivity index (χ3n) is 2.20. The van der Waals surface area contributed by atoms with Gasteiger partial charge in [0.1, 0.15) is 5.75 Å². The van der Waals surface area contributed by atoms with Crippen molar-refractivity contribution in [3.05, 3.63) is 46.7 Å². The van der Waals surface area contributed by atoms with Crippen molar-refractivity contribution in [1.82, 2.24) is 15.5 Å². The molecule has 5 nitrogen and oxygen atoms in total. The van der Waals surface area contributed by atoms with Crippen LogP contribution in [0, 0.1) is 0 Å².